The van der Waals surface area contributed by atoms with Gasteiger partial charge in [0.05, 0.1) is 16.8 Å². The summed E-state index contributed by atoms with van der Waals surface area (Å²) in [6.45, 7) is 8.10. The van der Waals surface area contributed by atoms with Crippen LogP contribution in [0.15, 0.2) is 213 Å². The van der Waals surface area contributed by atoms with E-state index in [0.717, 1.165) is 28.2 Å². The molecule has 0 saturated carbocycles. The van der Waals surface area contributed by atoms with Crippen LogP contribution in [0.25, 0.3) is 45.5 Å². The first kappa shape index (κ1) is 32.9. The van der Waals surface area contributed by atoms with Gasteiger partial charge in [-0.15, -0.1) is 0 Å². The van der Waals surface area contributed by atoms with Crippen molar-refractivity contribution in [3.05, 3.63) is 247 Å². The van der Waals surface area contributed by atoms with Crippen LogP contribution in [0.2, 0.25) is 0 Å². The van der Waals surface area contributed by atoms with Crippen LogP contribution in [0, 0.1) is 0 Å². The molecule has 0 saturated heterocycles. The molecule has 0 fully saturated rings. The van der Waals surface area contributed by atoms with Crippen molar-refractivity contribution in [2.75, 3.05) is 4.90 Å². The molecule has 0 N–H and O–H groups in total. The van der Waals surface area contributed by atoms with E-state index in [9.17, 15) is 0 Å². The number of nitrogens with zero attached hydrogens (tertiary/aromatic N) is 1. The standard InChI is InChI=1S/C53H39N/c1-3-38-26-32-43(33-27-38)53(44-34-28-39(4-2)29-35-44)48-22-13-11-21-47(48)52-49(53)23-15-25-51(52)54(45-36-30-41(31-37-45)40-16-7-5-8-17-40)50-24-14-12-20-46(50)42-18-9-6-10-19-42/h3-37H,1-2H2. The Labute approximate surface area is 318 Å². The average molecular weight is 690 g/mol. The van der Waals surface area contributed by atoms with E-state index in [-0.39, 0.29) is 0 Å². The van der Waals surface area contributed by atoms with Crippen molar-refractivity contribution in [2.45, 2.75) is 5.41 Å². The molecular formula is C53H39N. The first-order valence-corrected chi connectivity index (χ1v) is 18.5. The molecule has 54 heavy (non-hydrogen) atoms. The Morgan fingerprint density at radius 1 is 0.370 bits per heavy atom. The molecule has 1 heteroatoms. The van der Waals surface area contributed by atoms with Gasteiger partial charge in [0.25, 0.3) is 0 Å². The number of hydrogen-bond acceptors (Lipinski definition) is 1. The first-order chi connectivity index (χ1) is 26.7. The lowest BCUT2D eigenvalue weighted by atomic mass is 9.67. The van der Waals surface area contributed by atoms with Crippen molar-refractivity contribution < 1.29 is 0 Å². The van der Waals surface area contributed by atoms with Gasteiger partial charge >= 0.3 is 0 Å². The molecule has 0 bridgehead atoms. The summed E-state index contributed by atoms with van der Waals surface area (Å²) >= 11 is 0. The second kappa shape index (κ2) is 13.9. The van der Waals surface area contributed by atoms with E-state index in [1.165, 1.54) is 55.6 Å². The van der Waals surface area contributed by atoms with E-state index < -0.39 is 5.41 Å². The number of rotatable bonds is 9. The largest absolute Gasteiger partial charge is 0.309 e. The van der Waals surface area contributed by atoms with Crippen LogP contribution in [-0.2, 0) is 5.41 Å². The van der Waals surface area contributed by atoms with E-state index in [2.05, 4.69) is 218 Å². The van der Waals surface area contributed by atoms with Gasteiger partial charge in [-0.1, -0.05) is 201 Å². The highest BCUT2D eigenvalue weighted by Gasteiger charge is 2.47. The van der Waals surface area contributed by atoms with E-state index in [4.69, 9.17) is 0 Å². The van der Waals surface area contributed by atoms with Gasteiger partial charge in [-0.25, -0.2) is 0 Å². The number of para-hydroxylation sites is 1. The summed E-state index contributed by atoms with van der Waals surface area (Å²) in [6, 6.07) is 72.8. The second-order valence-corrected chi connectivity index (χ2v) is 13.8. The van der Waals surface area contributed by atoms with Crippen LogP contribution in [-0.4, -0.2) is 0 Å². The summed E-state index contributed by atoms with van der Waals surface area (Å²) in [5.74, 6) is 0. The van der Waals surface area contributed by atoms with Gasteiger partial charge in [-0.3, -0.25) is 0 Å². The average Bonchev–Trinajstić information content (AvgIpc) is 3.56. The predicted octanol–water partition coefficient (Wildman–Crippen LogP) is 14.1. The molecule has 256 valence electrons. The highest BCUT2D eigenvalue weighted by atomic mass is 15.1. The summed E-state index contributed by atoms with van der Waals surface area (Å²) in [6.07, 6.45) is 3.82. The zero-order chi connectivity index (χ0) is 36.5. The molecule has 0 aliphatic heterocycles. The van der Waals surface area contributed by atoms with Crippen LogP contribution >= 0.6 is 0 Å². The molecule has 0 unspecified atom stereocenters. The summed E-state index contributed by atoms with van der Waals surface area (Å²) in [7, 11) is 0. The highest BCUT2D eigenvalue weighted by molar-refractivity contribution is 5.99. The monoisotopic (exact) mass is 689 g/mol. The molecule has 0 atom stereocenters. The Morgan fingerprint density at radius 3 is 1.46 bits per heavy atom. The number of hydrogen-bond donors (Lipinski definition) is 0. The molecule has 1 aliphatic carbocycles. The lowest BCUT2D eigenvalue weighted by Crippen LogP contribution is -2.28. The number of fused-ring (bicyclic) bond motifs is 3. The van der Waals surface area contributed by atoms with E-state index >= 15 is 0 Å². The van der Waals surface area contributed by atoms with Crippen LogP contribution < -0.4 is 4.90 Å². The van der Waals surface area contributed by atoms with Crippen molar-refractivity contribution >= 4 is 29.2 Å². The molecule has 0 amide bonds. The normalized spacial score (nSPS) is 12.4. The van der Waals surface area contributed by atoms with Gasteiger partial charge in [-0.2, -0.15) is 0 Å². The van der Waals surface area contributed by atoms with Crippen LogP contribution in [0.5, 0.6) is 0 Å². The minimum atomic E-state index is -0.566. The van der Waals surface area contributed by atoms with Crippen molar-refractivity contribution in [2.24, 2.45) is 0 Å². The minimum absolute atomic E-state index is 0.566. The van der Waals surface area contributed by atoms with Crippen molar-refractivity contribution in [3.8, 4) is 33.4 Å². The molecule has 8 aromatic rings. The topological polar surface area (TPSA) is 3.24 Å². The number of benzene rings is 8. The second-order valence-electron chi connectivity index (χ2n) is 13.8. The van der Waals surface area contributed by atoms with Crippen molar-refractivity contribution in [3.63, 3.8) is 0 Å². The molecule has 9 rings (SSSR count). The molecule has 8 aromatic carbocycles. The van der Waals surface area contributed by atoms with Gasteiger partial charge in [0.2, 0.25) is 0 Å². The number of anilines is 3. The van der Waals surface area contributed by atoms with Gasteiger partial charge < -0.3 is 4.90 Å². The summed E-state index contributed by atoms with van der Waals surface area (Å²) < 4.78 is 0. The van der Waals surface area contributed by atoms with Crippen LogP contribution in [0.3, 0.4) is 0 Å². The van der Waals surface area contributed by atoms with E-state index in [1.54, 1.807) is 0 Å². The Balaban J connectivity index is 1.35. The summed E-state index contributed by atoms with van der Waals surface area (Å²) in [5.41, 5.74) is 17.1. The smallest absolute Gasteiger partial charge is 0.0714 e. The molecule has 1 nitrogen and oxygen atoms in total. The van der Waals surface area contributed by atoms with Gasteiger partial charge in [0, 0.05) is 16.8 Å². The molecular weight excluding hydrogens is 651 g/mol. The highest BCUT2D eigenvalue weighted by Crippen LogP contribution is 2.60. The lowest BCUT2D eigenvalue weighted by Gasteiger charge is -2.35. The maximum Gasteiger partial charge on any atom is 0.0714 e. The Bertz CT molecular complexity index is 2550. The lowest BCUT2D eigenvalue weighted by molar-refractivity contribution is 0.768. The predicted molar refractivity (Wildman–Crippen MR) is 229 cm³/mol. The molecule has 1 aliphatic rings. The van der Waals surface area contributed by atoms with E-state index in [1.807, 2.05) is 12.2 Å². The zero-order valence-corrected chi connectivity index (χ0v) is 30.1. The fourth-order valence-electron chi connectivity index (χ4n) is 8.39. The minimum Gasteiger partial charge on any atom is -0.309 e. The van der Waals surface area contributed by atoms with Gasteiger partial charge in [0.1, 0.15) is 0 Å². The van der Waals surface area contributed by atoms with Gasteiger partial charge in [-0.05, 0) is 79.9 Å². The third-order valence-corrected chi connectivity index (χ3v) is 10.9. The SMILES string of the molecule is C=Cc1ccc(C2(c3ccc(C=C)cc3)c3ccccc3-c3c(N(c4ccc(-c5ccccc5)cc4)c4ccccc4-c4ccccc4)cccc32)cc1. The molecule has 0 heterocycles. The maximum absolute atomic E-state index is 4.05. The van der Waals surface area contributed by atoms with Crippen LogP contribution in [0.1, 0.15) is 33.4 Å². The van der Waals surface area contributed by atoms with Crippen molar-refractivity contribution in [1.29, 1.82) is 0 Å². The molecule has 0 spiro atoms. The Hall–Kier alpha value is -6.96. The zero-order valence-electron chi connectivity index (χ0n) is 30.1. The molecule has 0 aromatic heterocycles. The third kappa shape index (κ3) is 5.41. The van der Waals surface area contributed by atoms with Crippen molar-refractivity contribution in [1.82, 2.24) is 0 Å². The quantitative estimate of drug-likeness (QED) is 0.146. The first-order valence-electron chi connectivity index (χ1n) is 18.5. The summed E-state index contributed by atoms with van der Waals surface area (Å²) in [4.78, 5) is 2.46. The molecule has 0 radical (unpaired) electrons. The van der Waals surface area contributed by atoms with Gasteiger partial charge in [0.15, 0.2) is 0 Å². The Kier molecular flexibility index (Phi) is 8.46. The fourth-order valence-corrected chi connectivity index (χ4v) is 8.39. The van der Waals surface area contributed by atoms with Crippen LogP contribution in [0.4, 0.5) is 17.1 Å². The third-order valence-electron chi connectivity index (χ3n) is 10.9. The Morgan fingerprint density at radius 2 is 0.852 bits per heavy atom. The summed E-state index contributed by atoms with van der Waals surface area (Å²) in [5, 5.41) is 0. The van der Waals surface area contributed by atoms with E-state index in [0.29, 0.717) is 0 Å². The fraction of sp³-hybridized carbons (Fsp3) is 0.0189. The maximum atomic E-state index is 4.05.